The normalized spacial score (nSPS) is 27.6. The van der Waals surface area contributed by atoms with E-state index in [-0.39, 0.29) is 11.3 Å². The predicted molar refractivity (Wildman–Crippen MR) is 112 cm³/mol. The van der Waals surface area contributed by atoms with Crippen molar-refractivity contribution >= 4 is 0 Å². The maximum absolute atomic E-state index is 10.8. The Kier molecular flexibility index (Phi) is 7.36. The molecule has 0 spiro atoms. The maximum atomic E-state index is 10.8. The third-order valence-electron chi connectivity index (χ3n) is 5.73. The van der Waals surface area contributed by atoms with Gasteiger partial charge in [-0.15, -0.1) is 0 Å². The lowest BCUT2D eigenvalue weighted by atomic mass is 9.85. The van der Waals surface area contributed by atoms with Crippen molar-refractivity contribution in [2.24, 2.45) is 0 Å². The molecule has 0 amide bonds. The predicted octanol–water partition coefficient (Wildman–Crippen LogP) is 0.439. The van der Waals surface area contributed by atoms with Crippen LogP contribution < -0.4 is 9.47 Å². The van der Waals surface area contributed by atoms with Gasteiger partial charge in [0.25, 0.3) is 0 Å². The third-order valence-corrected chi connectivity index (χ3v) is 5.73. The van der Waals surface area contributed by atoms with E-state index >= 15 is 0 Å². The molecular formula is C23H27NO8. The SMILES string of the molecule is COc1ccc(Cc2cc([C@]3(OC)O[C@H](CO)[C@@H](O)[C@H](O)[C@H]3O)c(OC)cc2C#N)cc1. The molecule has 172 valence electrons. The van der Waals surface area contributed by atoms with Crippen LogP contribution in [0, 0.1) is 11.3 Å². The van der Waals surface area contributed by atoms with Crippen molar-refractivity contribution in [1.82, 2.24) is 0 Å². The summed E-state index contributed by atoms with van der Waals surface area (Å²) in [7, 11) is 4.22. The van der Waals surface area contributed by atoms with E-state index in [1.807, 2.05) is 12.1 Å². The highest BCUT2D eigenvalue weighted by Gasteiger charge is 2.56. The van der Waals surface area contributed by atoms with Crippen molar-refractivity contribution in [2.75, 3.05) is 27.9 Å². The van der Waals surface area contributed by atoms with Crippen molar-refractivity contribution in [3.8, 4) is 17.6 Å². The van der Waals surface area contributed by atoms with Crippen molar-refractivity contribution in [3.63, 3.8) is 0 Å². The summed E-state index contributed by atoms with van der Waals surface area (Å²) >= 11 is 0. The monoisotopic (exact) mass is 445 g/mol. The van der Waals surface area contributed by atoms with Crippen molar-refractivity contribution in [2.45, 2.75) is 36.6 Å². The summed E-state index contributed by atoms with van der Waals surface area (Å²) in [5, 5.41) is 50.7. The molecule has 0 saturated carbocycles. The highest BCUT2D eigenvalue weighted by molar-refractivity contribution is 5.52. The van der Waals surface area contributed by atoms with E-state index in [4.69, 9.17) is 18.9 Å². The van der Waals surface area contributed by atoms with Crippen LogP contribution in [0.4, 0.5) is 0 Å². The molecule has 1 saturated heterocycles. The number of aliphatic hydroxyl groups excluding tert-OH is 4. The van der Waals surface area contributed by atoms with E-state index in [0.29, 0.717) is 23.3 Å². The van der Waals surface area contributed by atoms with Gasteiger partial charge in [0.15, 0.2) is 0 Å². The van der Waals surface area contributed by atoms with E-state index in [0.717, 1.165) is 5.56 Å². The zero-order valence-corrected chi connectivity index (χ0v) is 18.1. The molecule has 3 rings (SSSR count). The van der Waals surface area contributed by atoms with Gasteiger partial charge in [-0.2, -0.15) is 5.26 Å². The van der Waals surface area contributed by atoms with E-state index in [1.165, 1.54) is 20.3 Å². The molecule has 5 atom stereocenters. The number of aliphatic hydroxyl groups is 4. The van der Waals surface area contributed by atoms with E-state index < -0.39 is 36.8 Å². The molecule has 9 heteroatoms. The maximum Gasteiger partial charge on any atom is 0.228 e. The average molecular weight is 445 g/mol. The fraction of sp³-hybridized carbons (Fsp3) is 0.435. The van der Waals surface area contributed by atoms with Gasteiger partial charge in [-0.3, -0.25) is 0 Å². The van der Waals surface area contributed by atoms with Gasteiger partial charge in [-0.1, -0.05) is 12.1 Å². The molecule has 2 aromatic carbocycles. The Morgan fingerprint density at radius 3 is 2.25 bits per heavy atom. The van der Waals surface area contributed by atoms with Crippen LogP contribution in [-0.4, -0.2) is 72.8 Å². The molecule has 0 aromatic heterocycles. The Morgan fingerprint density at radius 2 is 1.72 bits per heavy atom. The Balaban J connectivity index is 2.13. The second-order valence-corrected chi connectivity index (χ2v) is 7.48. The first-order valence-electron chi connectivity index (χ1n) is 9.97. The smallest absolute Gasteiger partial charge is 0.228 e. The molecule has 32 heavy (non-hydrogen) atoms. The van der Waals surface area contributed by atoms with Crippen molar-refractivity contribution < 1.29 is 39.4 Å². The van der Waals surface area contributed by atoms with Crippen LogP contribution in [0.15, 0.2) is 36.4 Å². The molecule has 9 nitrogen and oxygen atoms in total. The number of rotatable bonds is 7. The number of hydrogen-bond donors (Lipinski definition) is 4. The second kappa shape index (κ2) is 9.83. The lowest BCUT2D eigenvalue weighted by molar-refractivity contribution is -0.366. The molecule has 0 bridgehead atoms. The Hall–Kier alpha value is -2.71. The molecule has 0 radical (unpaired) electrons. The van der Waals surface area contributed by atoms with Gasteiger partial charge in [0.05, 0.1) is 38.0 Å². The van der Waals surface area contributed by atoms with Gasteiger partial charge in [0, 0.05) is 7.11 Å². The van der Waals surface area contributed by atoms with E-state index in [9.17, 15) is 25.7 Å². The number of hydrogen-bond acceptors (Lipinski definition) is 9. The summed E-state index contributed by atoms with van der Waals surface area (Å²) in [6, 6.07) is 12.6. The molecule has 1 heterocycles. The molecule has 1 fully saturated rings. The standard InChI is InChI=1S/C23H27NO8/c1-29-16-6-4-13(5-7-16)8-14-9-17(18(30-2)10-15(14)11-24)23(31-3)22(28)21(27)20(26)19(12-25)32-23/h4-7,9-10,19-22,25-28H,8,12H2,1-3H3/t19-,20-,21+,22-,23+/m1/s1. The molecular weight excluding hydrogens is 418 g/mol. The number of nitriles is 1. The molecule has 1 aliphatic rings. The molecule has 0 unspecified atom stereocenters. The van der Waals surface area contributed by atoms with Gasteiger partial charge in [0.1, 0.15) is 35.9 Å². The van der Waals surface area contributed by atoms with Gasteiger partial charge in [-0.05, 0) is 41.8 Å². The lowest BCUT2D eigenvalue weighted by Crippen LogP contribution is -2.64. The van der Waals surface area contributed by atoms with Crippen molar-refractivity contribution in [3.05, 3.63) is 58.7 Å². The fourth-order valence-corrected chi connectivity index (χ4v) is 3.92. The topological polar surface area (TPSA) is 142 Å². The summed E-state index contributed by atoms with van der Waals surface area (Å²) < 4.78 is 22.0. The van der Waals surface area contributed by atoms with Crippen LogP contribution in [0.2, 0.25) is 0 Å². The third kappa shape index (κ3) is 4.17. The second-order valence-electron chi connectivity index (χ2n) is 7.48. The van der Waals surface area contributed by atoms with Crippen LogP contribution in [0.3, 0.4) is 0 Å². The quantitative estimate of drug-likeness (QED) is 0.477. The minimum Gasteiger partial charge on any atom is -0.497 e. The van der Waals surface area contributed by atoms with Gasteiger partial charge in [-0.25, -0.2) is 0 Å². The molecule has 2 aromatic rings. The minimum atomic E-state index is -1.96. The fourth-order valence-electron chi connectivity index (χ4n) is 3.92. The van der Waals surface area contributed by atoms with E-state index in [1.54, 1.807) is 25.3 Å². The minimum absolute atomic E-state index is 0.182. The molecule has 1 aliphatic heterocycles. The van der Waals surface area contributed by atoms with Gasteiger partial charge in [0.2, 0.25) is 5.79 Å². The first-order chi connectivity index (χ1) is 15.3. The largest absolute Gasteiger partial charge is 0.497 e. The zero-order chi connectivity index (χ0) is 23.5. The first-order valence-corrected chi connectivity index (χ1v) is 9.97. The highest BCUT2D eigenvalue weighted by atomic mass is 16.7. The van der Waals surface area contributed by atoms with Crippen molar-refractivity contribution in [1.29, 1.82) is 5.26 Å². The number of methoxy groups -OCH3 is 3. The Labute approximate surface area is 186 Å². The summed E-state index contributed by atoms with van der Waals surface area (Å²) in [6.45, 7) is -0.618. The van der Waals surface area contributed by atoms with Crippen LogP contribution in [0.5, 0.6) is 11.5 Å². The van der Waals surface area contributed by atoms with Gasteiger partial charge < -0.3 is 39.4 Å². The summed E-state index contributed by atoms with van der Waals surface area (Å²) in [4.78, 5) is 0. The average Bonchev–Trinajstić information content (AvgIpc) is 2.83. The van der Waals surface area contributed by atoms with Crippen LogP contribution in [0.1, 0.15) is 22.3 Å². The van der Waals surface area contributed by atoms with Crippen LogP contribution in [-0.2, 0) is 21.7 Å². The number of nitrogens with zero attached hydrogens (tertiary/aromatic N) is 1. The summed E-state index contributed by atoms with van der Waals surface area (Å²) in [5.74, 6) is -1.08. The molecule has 0 aliphatic carbocycles. The summed E-state index contributed by atoms with van der Waals surface area (Å²) in [5.41, 5.74) is 2.06. The Bertz CT molecular complexity index is 971. The number of ether oxygens (including phenoxy) is 4. The Morgan fingerprint density at radius 1 is 1.03 bits per heavy atom. The number of benzene rings is 2. The first kappa shape index (κ1) is 23.9. The molecule has 4 N–H and O–H groups in total. The summed E-state index contributed by atoms with van der Waals surface area (Å²) in [6.07, 6.45) is -5.75. The highest BCUT2D eigenvalue weighted by Crippen LogP contribution is 2.44. The van der Waals surface area contributed by atoms with E-state index in [2.05, 4.69) is 6.07 Å². The zero-order valence-electron chi connectivity index (χ0n) is 18.1. The lowest BCUT2D eigenvalue weighted by Gasteiger charge is -2.48. The van der Waals surface area contributed by atoms with Crippen LogP contribution >= 0.6 is 0 Å². The van der Waals surface area contributed by atoms with Gasteiger partial charge >= 0.3 is 0 Å². The van der Waals surface area contributed by atoms with Crippen LogP contribution in [0.25, 0.3) is 0 Å².